The van der Waals surface area contributed by atoms with Crippen LogP contribution in [0.5, 0.6) is 0 Å². The van der Waals surface area contributed by atoms with Crippen LogP contribution in [0.4, 0.5) is 0 Å². The van der Waals surface area contributed by atoms with E-state index in [1.54, 1.807) is 0 Å². The second-order valence-electron chi connectivity index (χ2n) is 3.05. The molecular formula is C9H19N3O3. The number of ether oxygens (including phenoxy) is 1. The van der Waals surface area contributed by atoms with Gasteiger partial charge in [-0.3, -0.25) is 9.59 Å². The molecule has 1 atom stereocenters. The molecular weight excluding hydrogens is 198 g/mol. The molecule has 0 aliphatic heterocycles. The predicted molar refractivity (Wildman–Crippen MR) is 56.2 cm³/mol. The molecule has 0 rings (SSSR count). The second-order valence-corrected chi connectivity index (χ2v) is 3.05. The largest absolute Gasteiger partial charge is 0.377 e. The van der Waals surface area contributed by atoms with Crippen LogP contribution in [0.2, 0.25) is 0 Å². The Morgan fingerprint density at radius 3 is 2.53 bits per heavy atom. The van der Waals surface area contributed by atoms with E-state index in [0.717, 1.165) is 0 Å². The van der Waals surface area contributed by atoms with Gasteiger partial charge >= 0.3 is 0 Å². The fourth-order valence-electron chi connectivity index (χ4n) is 0.915. The molecule has 0 aromatic rings. The molecule has 0 aromatic carbocycles. The van der Waals surface area contributed by atoms with Gasteiger partial charge in [0.25, 0.3) is 0 Å². The van der Waals surface area contributed by atoms with Crippen LogP contribution in [0.3, 0.4) is 0 Å². The Balaban J connectivity index is 3.53. The highest BCUT2D eigenvalue weighted by molar-refractivity contribution is 5.85. The molecule has 0 bridgehead atoms. The van der Waals surface area contributed by atoms with Gasteiger partial charge in [0, 0.05) is 13.2 Å². The van der Waals surface area contributed by atoms with Gasteiger partial charge in [-0.05, 0) is 13.8 Å². The highest BCUT2D eigenvalue weighted by Crippen LogP contribution is 1.86. The third kappa shape index (κ3) is 7.90. The standard InChI is InChI=1S/C9H19N3O3/c1-3-15-7(2)5-11-9(14)6-12-8(13)4-10/h7H,3-6,10H2,1-2H3,(H,11,14)(H,12,13). The maximum atomic E-state index is 11.1. The highest BCUT2D eigenvalue weighted by atomic mass is 16.5. The Hall–Kier alpha value is -1.14. The van der Waals surface area contributed by atoms with Gasteiger partial charge in [-0.15, -0.1) is 0 Å². The number of rotatable bonds is 7. The highest BCUT2D eigenvalue weighted by Gasteiger charge is 2.05. The van der Waals surface area contributed by atoms with E-state index in [4.69, 9.17) is 10.5 Å². The summed E-state index contributed by atoms with van der Waals surface area (Å²) in [6, 6.07) is 0. The summed E-state index contributed by atoms with van der Waals surface area (Å²) in [5.41, 5.74) is 5.06. The van der Waals surface area contributed by atoms with E-state index in [2.05, 4.69) is 10.6 Å². The van der Waals surface area contributed by atoms with Crippen LogP contribution in [0.25, 0.3) is 0 Å². The van der Waals surface area contributed by atoms with Gasteiger partial charge in [-0.25, -0.2) is 0 Å². The number of nitrogens with two attached hydrogens (primary N) is 1. The van der Waals surface area contributed by atoms with E-state index in [0.29, 0.717) is 13.2 Å². The first-order valence-electron chi connectivity index (χ1n) is 4.95. The van der Waals surface area contributed by atoms with Gasteiger partial charge in [0.1, 0.15) is 0 Å². The number of hydrogen-bond donors (Lipinski definition) is 3. The van der Waals surface area contributed by atoms with Gasteiger partial charge in [0.2, 0.25) is 11.8 Å². The molecule has 6 heteroatoms. The molecule has 0 saturated carbocycles. The van der Waals surface area contributed by atoms with Crippen molar-refractivity contribution >= 4 is 11.8 Å². The number of carbonyl (C=O) groups is 2. The molecule has 0 aliphatic carbocycles. The summed E-state index contributed by atoms with van der Waals surface area (Å²) >= 11 is 0. The van der Waals surface area contributed by atoms with Crippen LogP contribution in [0.1, 0.15) is 13.8 Å². The first-order chi connectivity index (χ1) is 7.10. The Morgan fingerprint density at radius 2 is 2.00 bits per heavy atom. The monoisotopic (exact) mass is 217 g/mol. The van der Waals surface area contributed by atoms with Crippen molar-refractivity contribution in [2.24, 2.45) is 5.73 Å². The summed E-state index contributed by atoms with van der Waals surface area (Å²) in [7, 11) is 0. The molecule has 0 spiro atoms. The van der Waals surface area contributed by atoms with E-state index in [9.17, 15) is 9.59 Å². The van der Waals surface area contributed by atoms with Crippen molar-refractivity contribution in [1.29, 1.82) is 0 Å². The molecule has 0 heterocycles. The average molecular weight is 217 g/mol. The fraction of sp³-hybridized carbons (Fsp3) is 0.778. The number of carbonyl (C=O) groups excluding carboxylic acids is 2. The zero-order chi connectivity index (χ0) is 11.7. The first-order valence-corrected chi connectivity index (χ1v) is 4.95. The van der Waals surface area contributed by atoms with Gasteiger partial charge < -0.3 is 21.1 Å². The summed E-state index contributed by atoms with van der Waals surface area (Å²) in [4.78, 5) is 21.9. The summed E-state index contributed by atoms with van der Waals surface area (Å²) in [5, 5.41) is 5.00. The summed E-state index contributed by atoms with van der Waals surface area (Å²) in [6.07, 6.45) is -0.0239. The lowest BCUT2D eigenvalue weighted by atomic mass is 10.4. The SMILES string of the molecule is CCOC(C)CNC(=O)CNC(=O)CN. The van der Waals surface area contributed by atoms with Gasteiger partial charge in [0.05, 0.1) is 19.2 Å². The minimum atomic E-state index is -0.344. The van der Waals surface area contributed by atoms with Gasteiger partial charge in [-0.2, -0.15) is 0 Å². The fourth-order valence-corrected chi connectivity index (χ4v) is 0.915. The summed E-state index contributed by atoms with van der Waals surface area (Å²) in [5.74, 6) is -0.591. The lowest BCUT2D eigenvalue weighted by Gasteiger charge is -2.12. The third-order valence-corrected chi connectivity index (χ3v) is 1.67. The normalized spacial score (nSPS) is 11.9. The molecule has 15 heavy (non-hydrogen) atoms. The molecule has 88 valence electrons. The van der Waals surface area contributed by atoms with Crippen molar-refractivity contribution in [1.82, 2.24) is 10.6 Å². The van der Waals surface area contributed by atoms with Crippen LogP contribution in [0.15, 0.2) is 0 Å². The van der Waals surface area contributed by atoms with Crippen LogP contribution < -0.4 is 16.4 Å². The molecule has 4 N–H and O–H groups in total. The second kappa shape index (κ2) is 8.19. The lowest BCUT2D eigenvalue weighted by Crippen LogP contribution is -2.41. The maximum Gasteiger partial charge on any atom is 0.239 e. The van der Waals surface area contributed by atoms with Crippen molar-refractivity contribution in [3.05, 3.63) is 0 Å². The topological polar surface area (TPSA) is 93.5 Å². The first kappa shape index (κ1) is 13.9. The van der Waals surface area contributed by atoms with Crippen LogP contribution in [0, 0.1) is 0 Å². The predicted octanol–water partition coefficient (Wildman–Crippen LogP) is -1.40. The summed E-state index contributed by atoms with van der Waals surface area (Å²) < 4.78 is 5.22. The number of hydrogen-bond acceptors (Lipinski definition) is 4. The molecule has 0 fully saturated rings. The van der Waals surface area contributed by atoms with Crippen LogP contribution in [-0.2, 0) is 14.3 Å². The van der Waals surface area contributed by atoms with Gasteiger partial charge in [0.15, 0.2) is 0 Å². The van der Waals surface area contributed by atoms with E-state index >= 15 is 0 Å². The van der Waals surface area contributed by atoms with Crippen molar-refractivity contribution in [3.63, 3.8) is 0 Å². The Labute approximate surface area is 89.5 Å². The zero-order valence-corrected chi connectivity index (χ0v) is 9.21. The quantitative estimate of drug-likeness (QED) is 0.489. The maximum absolute atomic E-state index is 11.1. The Morgan fingerprint density at radius 1 is 1.33 bits per heavy atom. The Bertz CT molecular complexity index is 209. The zero-order valence-electron chi connectivity index (χ0n) is 9.21. The van der Waals surface area contributed by atoms with Gasteiger partial charge in [-0.1, -0.05) is 0 Å². The van der Waals surface area contributed by atoms with Crippen molar-refractivity contribution in [2.75, 3.05) is 26.2 Å². The molecule has 2 amide bonds. The molecule has 0 aromatic heterocycles. The third-order valence-electron chi connectivity index (χ3n) is 1.67. The Kier molecular flexibility index (Phi) is 7.57. The minimum absolute atomic E-state index is 0.0239. The van der Waals surface area contributed by atoms with E-state index in [1.807, 2.05) is 13.8 Å². The van der Waals surface area contributed by atoms with E-state index in [-0.39, 0.29) is 31.0 Å². The smallest absolute Gasteiger partial charge is 0.239 e. The van der Waals surface area contributed by atoms with Crippen molar-refractivity contribution in [2.45, 2.75) is 20.0 Å². The van der Waals surface area contributed by atoms with E-state index < -0.39 is 0 Å². The molecule has 1 unspecified atom stereocenters. The summed E-state index contributed by atoms with van der Waals surface area (Å²) in [6.45, 7) is 4.64. The molecule has 0 radical (unpaired) electrons. The lowest BCUT2D eigenvalue weighted by molar-refractivity contribution is -0.125. The minimum Gasteiger partial charge on any atom is -0.377 e. The number of amides is 2. The van der Waals surface area contributed by atoms with Crippen LogP contribution in [-0.4, -0.2) is 44.2 Å². The molecule has 6 nitrogen and oxygen atoms in total. The van der Waals surface area contributed by atoms with E-state index in [1.165, 1.54) is 0 Å². The molecule has 0 aliphatic rings. The van der Waals surface area contributed by atoms with Crippen LogP contribution >= 0.6 is 0 Å². The van der Waals surface area contributed by atoms with Crippen molar-refractivity contribution in [3.8, 4) is 0 Å². The average Bonchev–Trinajstić information content (AvgIpc) is 2.23. The van der Waals surface area contributed by atoms with Crippen molar-refractivity contribution < 1.29 is 14.3 Å². The molecule has 0 saturated heterocycles. The number of nitrogens with one attached hydrogen (secondary N) is 2.